The van der Waals surface area contributed by atoms with Crippen molar-refractivity contribution in [2.24, 2.45) is 7.05 Å². The molecule has 0 radical (unpaired) electrons. The van der Waals surface area contributed by atoms with Crippen LogP contribution in [0.25, 0.3) is 21.8 Å². The van der Waals surface area contributed by atoms with E-state index in [2.05, 4.69) is 66.2 Å². The van der Waals surface area contributed by atoms with Gasteiger partial charge in [0.15, 0.2) is 11.5 Å². The second-order valence-electron chi connectivity index (χ2n) is 9.13. The average molecular weight is 428 g/mol. The van der Waals surface area contributed by atoms with E-state index in [1.54, 1.807) is 14.2 Å². The highest BCUT2D eigenvalue weighted by Gasteiger charge is 2.39. The van der Waals surface area contributed by atoms with E-state index in [0.717, 1.165) is 17.9 Å². The monoisotopic (exact) mass is 427 g/mol. The third kappa shape index (κ3) is 2.86. The highest BCUT2D eigenvalue weighted by atomic mass is 16.5. The number of fused-ring (bicyclic) bond motifs is 6. The van der Waals surface area contributed by atoms with Crippen molar-refractivity contribution in [2.45, 2.75) is 43.8 Å². The number of para-hydroxylation sites is 1. The van der Waals surface area contributed by atoms with Crippen molar-refractivity contribution in [3.63, 3.8) is 0 Å². The Morgan fingerprint density at radius 2 is 1.53 bits per heavy atom. The first-order valence-electron chi connectivity index (χ1n) is 11.6. The van der Waals surface area contributed by atoms with Gasteiger partial charge in [-0.2, -0.15) is 0 Å². The van der Waals surface area contributed by atoms with Crippen LogP contribution >= 0.6 is 0 Å². The van der Waals surface area contributed by atoms with Gasteiger partial charge in [0.2, 0.25) is 0 Å². The maximum Gasteiger partial charge on any atom is 0.161 e. The molecular weight excluding hydrogens is 398 g/mol. The predicted molar refractivity (Wildman–Crippen MR) is 128 cm³/mol. The molecule has 32 heavy (non-hydrogen) atoms. The molecule has 4 heteroatoms. The zero-order valence-electron chi connectivity index (χ0n) is 18.9. The Labute approximate surface area is 188 Å². The number of hydrogen-bond acceptors (Lipinski definition) is 3. The van der Waals surface area contributed by atoms with Crippen LogP contribution in [0.15, 0.2) is 54.6 Å². The molecule has 0 unspecified atom stereocenters. The minimum Gasteiger partial charge on any atom is -0.493 e. The van der Waals surface area contributed by atoms with Crippen LogP contribution in [0, 0.1) is 0 Å². The molecule has 6 rings (SSSR count). The zero-order valence-corrected chi connectivity index (χ0v) is 18.9. The van der Waals surface area contributed by atoms with Gasteiger partial charge in [-0.3, -0.25) is 0 Å². The molecule has 0 N–H and O–H groups in total. The molecule has 0 saturated heterocycles. The van der Waals surface area contributed by atoms with E-state index in [-0.39, 0.29) is 12.2 Å². The van der Waals surface area contributed by atoms with Crippen LogP contribution in [0.1, 0.15) is 54.4 Å². The van der Waals surface area contributed by atoms with Gasteiger partial charge in [0.25, 0.3) is 0 Å². The lowest BCUT2D eigenvalue weighted by atomic mass is 9.75. The highest BCUT2D eigenvalue weighted by molar-refractivity contribution is 6.08. The summed E-state index contributed by atoms with van der Waals surface area (Å²) >= 11 is 0. The number of aromatic nitrogens is 1. The Morgan fingerprint density at radius 1 is 0.812 bits per heavy atom. The van der Waals surface area contributed by atoms with Crippen LogP contribution in [0.2, 0.25) is 0 Å². The van der Waals surface area contributed by atoms with Crippen LogP contribution in [-0.4, -0.2) is 24.9 Å². The summed E-state index contributed by atoms with van der Waals surface area (Å²) in [5.74, 6) is 2.00. The van der Waals surface area contributed by atoms with E-state index in [9.17, 15) is 0 Å². The van der Waals surface area contributed by atoms with Gasteiger partial charge in [-0.1, -0.05) is 37.1 Å². The fourth-order valence-corrected chi connectivity index (χ4v) is 5.93. The third-order valence-corrected chi connectivity index (χ3v) is 7.52. The Kier molecular flexibility index (Phi) is 4.65. The summed E-state index contributed by atoms with van der Waals surface area (Å²) in [6, 6.07) is 19.7. The van der Waals surface area contributed by atoms with Crippen molar-refractivity contribution in [2.75, 3.05) is 14.2 Å². The predicted octanol–water partition coefficient (Wildman–Crippen LogP) is 6.49. The van der Waals surface area contributed by atoms with Gasteiger partial charge < -0.3 is 18.8 Å². The molecule has 2 heterocycles. The molecule has 3 atom stereocenters. The van der Waals surface area contributed by atoms with Crippen molar-refractivity contribution in [1.29, 1.82) is 0 Å². The summed E-state index contributed by atoms with van der Waals surface area (Å²) in [6.45, 7) is 0. The molecule has 1 saturated carbocycles. The molecule has 3 aromatic carbocycles. The first kappa shape index (κ1) is 19.7. The number of hydrogen-bond donors (Lipinski definition) is 0. The summed E-state index contributed by atoms with van der Waals surface area (Å²) < 4.78 is 20.4. The van der Waals surface area contributed by atoms with Crippen LogP contribution in [0.4, 0.5) is 0 Å². The quantitative estimate of drug-likeness (QED) is 0.374. The lowest BCUT2D eigenvalue weighted by Crippen LogP contribution is -2.33. The van der Waals surface area contributed by atoms with Gasteiger partial charge >= 0.3 is 0 Å². The van der Waals surface area contributed by atoms with Gasteiger partial charge in [0, 0.05) is 34.8 Å². The molecule has 2 aliphatic rings. The molecule has 1 fully saturated rings. The summed E-state index contributed by atoms with van der Waals surface area (Å²) in [6.07, 6.45) is 4.92. The van der Waals surface area contributed by atoms with E-state index >= 15 is 0 Å². The zero-order chi connectivity index (χ0) is 21.8. The van der Waals surface area contributed by atoms with Crippen LogP contribution < -0.4 is 9.47 Å². The molecule has 1 aromatic heterocycles. The summed E-state index contributed by atoms with van der Waals surface area (Å²) in [5, 5.41) is 2.56. The van der Waals surface area contributed by atoms with Gasteiger partial charge in [0.05, 0.1) is 20.3 Å². The first-order valence-corrected chi connectivity index (χ1v) is 11.6. The normalized spacial score (nSPS) is 22.5. The maximum absolute atomic E-state index is 6.84. The Morgan fingerprint density at radius 3 is 2.34 bits per heavy atom. The summed E-state index contributed by atoms with van der Waals surface area (Å²) in [4.78, 5) is 0. The van der Waals surface area contributed by atoms with Crippen LogP contribution in [-0.2, 0) is 11.8 Å². The second-order valence-corrected chi connectivity index (χ2v) is 9.13. The smallest absolute Gasteiger partial charge is 0.161 e. The largest absolute Gasteiger partial charge is 0.493 e. The Hall–Kier alpha value is -2.98. The van der Waals surface area contributed by atoms with E-state index in [4.69, 9.17) is 14.2 Å². The topological polar surface area (TPSA) is 32.6 Å². The number of aryl methyl sites for hydroxylation is 1. The number of methoxy groups -OCH3 is 2. The fourth-order valence-electron chi connectivity index (χ4n) is 5.93. The molecule has 0 spiro atoms. The van der Waals surface area contributed by atoms with Gasteiger partial charge in [-0.25, -0.2) is 0 Å². The van der Waals surface area contributed by atoms with Crippen molar-refractivity contribution in [1.82, 2.24) is 4.57 Å². The number of rotatable bonds is 3. The molecule has 4 aromatic rings. The van der Waals surface area contributed by atoms with Crippen molar-refractivity contribution in [3.8, 4) is 11.5 Å². The minimum atomic E-state index is -0.104. The van der Waals surface area contributed by atoms with Crippen molar-refractivity contribution >= 4 is 21.8 Å². The van der Waals surface area contributed by atoms with Crippen molar-refractivity contribution in [3.05, 3.63) is 71.3 Å². The average Bonchev–Trinajstić information content (AvgIpc) is 3.14. The number of nitrogens with zero attached hydrogens (tertiary/aromatic N) is 1. The molecule has 0 bridgehead atoms. The fraction of sp³-hybridized carbons (Fsp3) is 0.357. The van der Waals surface area contributed by atoms with Crippen LogP contribution in [0.5, 0.6) is 11.5 Å². The van der Waals surface area contributed by atoms with E-state index in [1.807, 2.05) is 0 Å². The first-order chi connectivity index (χ1) is 15.7. The van der Waals surface area contributed by atoms with E-state index in [1.165, 1.54) is 57.8 Å². The van der Waals surface area contributed by atoms with Gasteiger partial charge in [-0.05, 0) is 59.9 Å². The molecule has 1 aliphatic carbocycles. The Bertz CT molecular complexity index is 1320. The standard InChI is InChI=1S/C28H29NO3/c1-29-23-10-6-4-8-18(23)21-14-17(12-13-24(21)29)28-22-16-27(31-3)26(30-2)15-20(22)19-9-5-7-11-25(19)32-28/h4,6,8,10,12-16,19,25,28H,5,7,9,11H2,1-3H3/t19-,25-,28+/m0/s1. The highest BCUT2D eigenvalue weighted by Crippen LogP contribution is 2.50. The Balaban J connectivity index is 1.55. The molecule has 1 aliphatic heterocycles. The van der Waals surface area contributed by atoms with E-state index < -0.39 is 0 Å². The molecular formula is C28H29NO3. The van der Waals surface area contributed by atoms with Gasteiger partial charge in [-0.15, -0.1) is 0 Å². The second kappa shape index (κ2) is 7.56. The molecule has 164 valence electrons. The molecule has 0 amide bonds. The summed E-state index contributed by atoms with van der Waals surface area (Å²) in [7, 11) is 5.56. The van der Waals surface area contributed by atoms with Gasteiger partial charge in [0.1, 0.15) is 6.10 Å². The lowest BCUT2D eigenvalue weighted by Gasteiger charge is -2.41. The molecule has 4 nitrogen and oxygen atoms in total. The van der Waals surface area contributed by atoms with Crippen LogP contribution in [0.3, 0.4) is 0 Å². The maximum atomic E-state index is 6.84. The number of ether oxygens (including phenoxy) is 3. The summed E-state index contributed by atoms with van der Waals surface area (Å²) in [5.41, 5.74) is 6.27. The van der Waals surface area contributed by atoms with Crippen molar-refractivity contribution < 1.29 is 14.2 Å². The SMILES string of the molecule is COc1cc2c(cc1OC)[C@@H]1CCCC[C@@H]1O[C@@H]2c1ccc2c(c1)c1ccccc1n2C. The van der Waals surface area contributed by atoms with E-state index in [0.29, 0.717) is 5.92 Å². The lowest BCUT2D eigenvalue weighted by molar-refractivity contribution is -0.0390. The third-order valence-electron chi connectivity index (χ3n) is 7.52. The minimum absolute atomic E-state index is 0.104. The number of benzene rings is 3.